The molecule has 0 aliphatic carbocycles. The van der Waals surface area contributed by atoms with E-state index in [0.717, 1.165) is 44.3 Å². The van der Waals surface area contributed by atoms with E-state index >= 15 is 0 Å². The third-order valence-electron chi connectivity index (χ3n) is 3.88. The minimum atomic E-state index is -0.546. The summed E-state index contributed by atoms with van der Waals surface area (Å²) in [5.74, 6) is 0.354. The Morgan fingerprint density at radius 2 is 2.00 bits per heavy atom. The monoisotopic (exact) mass is 291 g/mol. The molecule has 0 amide bonds. The van der Waals surface area contributed by atoms with Crippen LogP contribution in [0.1, 0.15) is 44.3 Å². The first-order chi connectivity index (χ1) is 10.3. The fraction of sp³-hybridized carbons (Fsp3) is 0.588. The molecule has 1 heterocycles. The lowest BCUT2D eigenvalue weighted by atomic mass is 9.88. The summed E-state index contributed by atoms with van der Waals surface area (Å²) < 4.78 is 10.8. The molecule has 0 aromatic heterocycles. The summed E-state index contributed by atoms with van der Waals surface area (Å²) in [5.41, 5.74) is 1.05. The number of ether oxygens (including phenoxy) is 2. The number of hydrogen-bond donors (Lipinski definition) is 1. The van der Waals surface area contributed by atoms with E-state index in [1.807, 2.05) is 30.3 Å². The van der Waals surface area contributed by atoms with E-state index in [1.165, 1.54) is 0 Å². The summed E-state index contributed by atoms with van der Waals surface area (Å²) in [7, 11) is 0. The predicted octanol–water partition coefficient (Wildman–Crippen LogP) is 3.68. The molecule has 1 fully saturated rings. The molecule has 1 aromatic rings. The van der Waals surface area contributed by atoms with E-state index < -0.39 is 6.16 Å². The summed E-state index contributed by atoms with van der Waals surface area (Å²) in [6, 6.07) is 9.98. The third kappa shape index (κ3) is 5.05. The largest absolute Gasteiger partial charge is 0.508 e. The van der Waals surface area contributed by atoms with Crippen molar-refractivity contribution in [3.05, 3.63) is 35.9 Å². The van der Waals surface area contributed by atoms with Crippen molar-refractivity contribution >= 4 is 6.16 Å². The molecule has 1 aromatic carbocycles. The Hall–Kier alpha value is -1.55. The molecule has 4 heteroatoms. The van der Waals surface area contributed by atoms with Crippen LogP contribution < -0.4 is 5.32 Å². The molecule has 0 saturated carbocycles. The maximum atomic E-state index is 11.9. The highest BCUT2D eigenvalue weighted by Gasteiger charge is 2.28. The maximum Gasteiger partial charge on any atom is 0.508 e. The lowest BCUT2D eigenvalue weighted by Gasteiger charge is -2.30. The Balaban J connectivity index is 1.99. The molecule has 1 aliphatic rings. The lowest BCUT2D eigenvalue weighted by molar-refractivity contribution is -0.00539. The number of nitrogens with one attached hydrogen (secondary N) is 1. The van der Waals surface area contributed by atoms with Crippen molar-refractivity contribution in [2.45, 2.75) is 38.7 Å². The van der Waals surface area contributed by atoms with E-state index in [2.05, 4.69) is 12.2 Å². The lowest BCUT2D eigenvalue weighted by Crippen LogP contribution is -2.32. The van der Waals surface area contributed by atoms with Crippen molar-refractivity contribution in [2.24, 2.45) is 5.92 Å². The highest BCUT2D eigenvalue weighted by Crippen LogP contribution is 2.32. The smallest absolute Gasteiger partial charge is 0.434 e. The van der Waals surface area contributed by atoms with E-state index in [0.29, 0.717) is 12.5 Å². The molecular formula is C17H25NO3. The minimum Gasteiger partial charge on any atom is -0.434 e. The second-order valence-corrected chi connectivity index (χ2v) is 5.49. The summed E-state index contributed by atoms with van der Waals surface area (Å²) in [5, 5.41) is 3.34. The Morgan fingerprint density at radius 1 is 1.29 bits per heavy atom. The van der Waals surface area contributed by atoms with Gasteiger partial charge in [0.05, 0.1) is 6.61 Å². The van der Waals surface area contributed by atoms with Gasteiger partial charge in [0.15, 0.2) is 0 Å². The Bertz CT molecular complexity index is 415. The summed E-state index contributed by atoms with van der Waals surface area (Å²) in [6.07, 6.45) is 3.16. The van der Waals surface area contributed by atoms with Gasteiger partial charge < -0.3 is 14.8 Å². The molecule has 21 heavy (non-hydrogen) atoms. The van der Waals surface area contributed by atoms with Crippen LogP contribution in [0.25, 0.3) is 0 Å². The van der Waals surface area contributed by atoms with Crippen molar-refractivity contribution in [1.29, 1.82) is 0 Å². The van der Waals surface area contributed by atoms with Crippen LogP contribution in [-0.4, -0.2) is 25.9 Å². The predicted molar refractivity (Wildman–Crippen MR) is 82.1 cm³/mol. The maximum absolute atomic E-state index is 11.9. The van der Waals surface area contributed by atoms with Crippen molar-refractivity contribution in [3.63, 3.8) is 0 Å². The van der Waals surface area contributed by atoms with Gasteiger partial charge in [-0.1, -0.05) is 43.7 Å². The standard InChI is InChI=1S/C17H25NO3/c1-2-3-13-20-17(19)21-16(14-7-5-4-6-8-14)15-9-11-18-12-10-15/h4-8,15-16,18H,2-3,9-13H2,1H3. The first kappa shape index (κ1) is 15.8. The molecule has 2 rings (SSSR count). The van der Waals surface area contributed by atoms with Crippen molar-refractivity contribution in [2.75, 3.05) is 19.7 Å². The fourth-order valence-corrected chi connectivity index (χ4v) is 2.66. The van der Waals surface area contributed by atoms with Crippen LogP contribution in [0.4, 0.5) is 4.79 Å². The van der Waals surface area contributed by atoms with Crippen LogP contribution in [0, 0.1) is 5.92 Å². The van der Waals surface area contributed by atoms with Crippen molar-refractivity contribution in [3.8, 4) is 0 Å². The van der Waals surface area contributed by atoms with Gasteiger partial charge in [-0.05, 0) is 37.9 Å². The molecule has 1 atom stereocenters. The summed E-state index contributed by atoms with van der Waals surface area (Å²) in [6.45, 7) is 4.45. The number of benzene rings is 1. The number of carbonyl (C=O) groups is 1. The molecule has 1 unspecified atom stereocenters. The molecule has 0 bridgehead atoms. The van der Waals surface area contributed by atoms with Crippen LogP contribution in [0.2, 0.25) is 0 Å². The van der Waals surface area contributed by atoms with Gasteiger partial charge in [-0.15, -0.1) is 0 Å². The number of hydrogen-bond acceptors (Lipinski definition) is 4. The zero-order valence-corrected chi connectivity index (χ0v) is 12.7. The summed E-state index contributed by atoms with van der Waals surface area (Å²) in [4.78, 5) is 11.9. The number of carbonyl (C=O) groups excluding carboxylic acids is 1. The van der Waals surface area contributed by atoms with Crippen LogP contribution >= 0.6 is 0 Å². The van der Waals surface area contributed by atoms with E-state index in [4.69, 9.17) is 9.47 Å². The highest BCUT2D eigenvalue weighted by molar-refractivity contribution is 5.60. The molecule has 0 spiro atoms. The van der Waals surface area contributed by atoms with Gasteiger partial charge in [-0.2, -0.15) is 0 Å². The first-order valence-electron chi connectivity index (χ1n) is 7.90. The van der Waals surface area contributed by atoms with Gasteiger partial charge >= 0.3 is 6.16 Å². The van der Waals surface area contributed by atoms with E-state index in [1.54, 1.807) is 0 Å². The SMILES string of the molecule is CCCCOC(=O)OC(c1ccccc1)C1CCNCC1. The average Bonchev–Trinajstić information content (AvgIpc) is 2.54. The Morgan fingerprint density at radius 3 is 2.67 bits per heavy atom. The van der Waals surface area contributed by atoms with Gasteiger partial charge in [-0.3, -0.25) is 0 Å². The van der Waals surface area contributed by atoms with Crippen molar-refractivity contribution < 1.29 is 14.3 Å². The molecule has 1 saturated heterocycles. The van der Waals surface area contributed by atoms with Crippen LogP contribution in [-0.2, 0) is 9.47 Å². The fourth-order valence-electron chi connectivity index (χ4n) is 2.66. The number of rotatable bonds is 6. The molecule has 1 N–H and O–H groups in total. The van der Waals surface area contributed by atoms with Crippen LogP contribution in [0.5, 0.6) is 0 Å². The second-order valence-electron chi connectivity index (χ2n) is 5.49. The molecule has 116 valence electrons. The summed E-state index contributed by atoms with van der Waals surface area (Å²) >= 11 is 0. The zero-order chi connectivity index (χ0) is 14.9. The second kappa shape index (κ2) is 8.67. The van der Waals surface area contributed by atoms with Crippen molar-refractivity contribution in [1.82, 2.24) is 5.32 Å². The Kier molecular flexibility index (Phi) is 6.54. The quantitative estimate of drug-likeness (QED) is 0.641. The molecular weight excluding hydrogens is 266 g/mol. The van der Waals surface area contributed by atoms with Gasteiger partial charge in [0, 0.05) is 5.92 Å². The third-order valence-corrected chi connectivity index (χ3v) is 3.88. The molecule has 1 aliphatic heterocycles. The van der Waals surface area contributed by atoms with E-state index in [9.17, 15) is 4.79 Å². The first-order valence-corrected chi connectivity index (χ1v) is 7.90. The topological polar surface area (TPSA) is 47.6 Å². The normalized spacial score (nSPS) is 17.2. The molecule has 4 nitrogen and oxygen atoms in total. The number of piperidine rings is 1. The Labute approximate surface area is 126 Å². The average molecular weight is 291 g/mol. The molecule has 0 radical (unpaired) electrons. The van der Waals surface area contributed by atoms with E-state index in [-0.39, 0.29) is 6.10 Å². The van der Waals surface area contributed by atoms with Gasteiger partial charge in [0.2, 0.25) is 0 Å². The highest BCUT2D eigenvalue weighted by atomic mass is 16.7. The van der Waals surface area contributed by atoms with Crippen LogP contribution in [0.3, 0.4) is 0 Å². The van der Waals surface area contributed by atoms with Gasteiger partial charge in [0.1, 0.15) is 6.10 Å². The zero-order valence-electron chi connectivity index (χ0n) is 12.7. The van der Waals surface area contributed by atoms with Gasteiger partial charge in [-0.25, -0.2) is 4.79 Å². The van der Waals surface area contributed by atoms with Gasteiger partial charge in [0.25, 0.3) is 0 Å². The minimum absolute atomic E-state index is 0.206. The van der Waals surface area contributed by atoms with Crippen LogP contribution in [0.15, 0.2) is 30.3 Å². The number of unbranched alkanes of at least 4 members (excludes halogenated alkanes) is 1.